The van der Waals surface area contributed by atoms with Crippen LogP contribution in [0.2, 0.25) is 5.02 Å². The van der Waals surface area contributed by atoms with Crippen molar-refractivity contribution in [3.8, 4) is 5.75 Å². The van der Waals surface area contributed by atoms with E-state index in [0.29, 0.717) is 56.1 Å². The van der Waals surface area contributed by atoms with Crippen LogP contribution in [0.5, 0.6) is 5.75 Å². The number of sulfonamides is 1. The van der Waals surface area contributed by atoms with Gasteiger partial charge in [0.15, 0.2) is 0 Å². The second-order valence-electron chi connectivity index (χ2n) is 15.7. The standard InChI is InChI=1S/C40H52ClFN4O6S/c1-25-26(2)53(49,50)43-40(48)28-9-12-37-36(22-28)46(23-29-8-11-35(41)38(42)33(29)6-4-5-18-51-37)24-30-7-10-34(30)39(32-20-31(25)21-32)52-19-17-44-13-15-45(16-14-44)27(3)47/h8-9,11-12,20,22,25-26,30-31,34,39H,4-7,10,13-19,21,23-24H2,1-3H3,(H,43,48)/t25-,26-,30+,31+,34-,39+/m1/s1. The van der Waals surface area contributed by atoms with Crippen molar-refractivity contribution in [3.63, 3.8) is 0 Å². The van der Waals surface area contributed by atoms with Crippen molar-refractivity contribution < 1.29 is 31.9 Å². The van der Waals surface area contributed by atoms with Gasteiger partial charge < -0.3 is 19.3 Å². The zero-order valence-electron chi connectivity index (χ0n) is 31.0. The number of nitrogens with zero attached hydrogens (tertiary/aromatic N) is 3. The predicted molar refractivity (Wildman–Crippen MR) is 203 cm³/mol. The molecular formula is C40H52ClFN4O6S. The molecule has 8 rings (SSSR count). The lowest BCUT2D eigenvalue weighted by Gasteiger charge is -2.48. The number of benzene rings is 2. The quantitative estimate of drug-likeness (QED) is 0.388. The van der Waals surface area contributed by atoms with Gasteiger partial charge in [-0.25, -0.2) is 17.5 Å². The molecule has 0 unspecified atom stereocenters. The van der Waals surface area contributed by atoms with Crippen molar-refractivity contribution in [3.05, 3.63) is 69.5 Å². The fraction of sp³-hybridized carbons (Fsp3) is 0.600. The van der Waals surface area contributed by atoms with E-state index in [9.17, 15) is 18.0 Å². The van der Waals surface area contributed by atoms with Gasteiger partial charge in [-0.1, -0.05) is 30.7 Å². The number of carbonyl (C=O) groups excluding carboxylic acids is 2. The number of carbonyl (C=O) groups is 2. The summed E-state index contributed by atoms with van der Waals surface area (Å²) in [5.41, 5.74) is 3.52. The van der Waals surface area contributed by atoms with Crippen LogP contribution in [0.25, 0.3) is 0 Å². The van der Waals surface area contributed by atoms with Crippen molar-refractivity contribution in [2.75, 3.05) is 57.4 Å². The maximum atomic E-state index is 15.6. The second-order valence-corrected chi connectivity index (χ2v) is 18.1. The smallest absolute Gasteiger partial charge is 0.264 e. The number of anilines is 1. The Morgan fingerprint density at radius 3 is 2.58 bits per heavy atom. The molecule has 1 saturated heterocycles. The topological polar surface area (TPSA) is 108 Å². The molecule has 2 fully saturated rings. The molecule has 6 aliphatic rings. The summed E-state index contributed by atoms with van der Waals surface area (Å²) in [6.07, 6.45) is 6.79. The van der Waals surface area contributed by atoms with Gasteiger partial charge in [0.2, 0.25) is 15.9 Å². The minimum Gasteiger partial charge on any atom is -0.491 e. The highest BCUT2D eigenvalue weighted by atomic mass is 35.5. The molecule has 1 N–H and O–H groups in total. The summed E-state index contributed by atoms with van der Waals surface area (Å²) in [6, 6.07) is 8.58. The van der Waals surface area contributed by atoms with Crippen LogP contribution in [-0.4, -0.2) is 93.9 Å². The van der Waals surface area contributed by atoms with Crippen molar-refractivity contribution in [1.29, 1.82) is 0 Å². The van der Waals surface area contributed by atoms with Crippen LogP contribution < -0.4 is 14.4 Å². The minimum atomic E-state index is -4.00. The number of allylic oxidation sites excluding steroid dienone is 1. The first-order valence-electron chi connectivity index (χ1n) is 19.2. The molecule has 10 nitrogen and oxygen atoms in total. The highest BCUT2D eigenvalue weighted by Crippen LogP contribution is 2.48. The van der Waals surface area contributed by atoms with Crippen LogP contribution >= 0.6 is 11.6 Å². The van der Waals surface area contributed by atoms with Crippen LogP contribution in [0.3, 0.4) is 0 Å². The molecule has 4 bridgehead atoms. The van der Waals surface area contributed by atoms with Gasteiger partial charge in [-0.3, -0.25) is 14.5 Å². The number of amides is 2. The molecule has 2 aromatic carbocycles. The van der Waals surface area contributed by atoms with Crippen LogP contribution in [0.4, 0.5) is 10.1 Å². The first-order valence-corrected chi connectivity index (χ1v) is 21.2. The van der Waals surface area contributed by atoms with E-state index in [1.54, 1.807) is 38.1 Å². The zero-order chi connectivity index (χ0) is 37.4. The van der Waals surface area contributed by atoms with Gasteiger partial charge in [0, 0.05) is 58.3 Å². The lowest BCUT2D eigenvalue weighted by Crippen LogP contribution is -2.50. The summed E-state index contributed by atoms with van der Waals surface area (Å²) < 4.78 is 58.4. The number of piperazine rings is 1. The molecule has 13 heteroatoms. The molecule has 4 aliphatic heterocycles. The van der Waals surface area contributed by atoms with E-state index in [1.165, 1.54) is 5.57 Å². The Balaban J connectivity index is 1.23. The Labute approximate surface area is 318 Å². The zero-order valence-corrected chi connectivity index (χ0v) is 32.6. The first kappa shape index (κ1) is 38.1. The molecule has 2 aliphatic carbocycles. The van der Waals surface area contributed by atoms with E-state index in [2.05, 4.69) is 20.6 Å². The number of fused-ring (bicyclic) bond motifs is 5. The minimum absolute atomic E-state index is 0.0519. The molecule has 6 atom stereocenters. The average molecular weight is 771 g/mol. The third kappa shape index (κ3) is 8.11. The van der Waals surface area contributed by atoms with E-state index in [-0.39, 0.29) is 46.3 Å². The fourth-order valence-electron chi connectivity index (χ4n) is 8.70. The molecule has 288 valence electrons. The van der Waals surface area contributed by atoms with E-state index < -0.39 is 27.0 Å². The highest BCUT2D eigenvalue weighted by Gasteiger charge is 2.45. The number of halogens is 2. The molecule has 0 spiro atoms. The normalized spacial score (nSPS) is 29.2. The molecule has 1 saturated carbocycles. The molecule has 53 heavy (non-hydrogen) atoms. The average Bonchev–Trinajstić information content (AvgIpc) is 3.13. The number of hydrogen-bond donors (Lipinski definition) is 1. The number of ether oxygens (including phenoxy) is 2. The fourth-order valence-corrected chi connectivity index (χ4v) is 10.2. The largest absolute Gasteiger partial charge is 0.491 e. The molecule has 0 radical (unpaired) electrons. The van der Waals surface area contributed by atoms with Crippen LogP contribution in [0.15, 0.2) is 42.0 Å². The van der Waals surface area contributed by atoms with Crippen molar-refractivity contribution >= 4 is 39.1 Å². The Kier molecular flexibility index (Phi) is 11.4. The summed E-state index contributed by atoms with van der Waals surface area (Å²) in [5, 5.41) is -0.705. The van der Waals surface area contributed by atoms with Gasteiger partial charge in [-0.05, 0) is 110 Å². The lowest BCUT2D eigenvalue weighted by atomic mass is 9.64. The van der Waals surface area contributed by atoms with Gasteiger partial charge in [-0.2, -0.15) is 0 Å². The Hall–Kier alpha value is -3.19. The van der Waals surface area contributed by atoms with E-state index in [0.717, 1.165) is 64.0 Å². The van der Waals surface area contributed by atoms with Gasteiger partial charge in [0.25, 0.3) is 5.91 Å². The number of rotatable bonds is 4. The number of nitrogens with one attached hydrogen (secondary N) is 1. The van der Waals surface area contributed by atoms with Gasteiger partial charge >= 0.3 is 0 Å². The van der Waals surface area contributed by atoms with E-state index >= 15 is 4.39 Å². The monoisotopic (exact) mass is 770 g/mol. The van der Waals surface area contributed by atoms with Gasteiger partial charge in [0.05, 0.1) is 35.3 Å². The third-order valence-electron chi connectivity index (χ3n) is 12.5. The summed E-state index contributed by atoms with van der Waals surface area (Å²) in [5.74, 6) is -0.0508. The first-order chi connectivity index (χ1) is 25.4. The van der Waals surface area contributed by atoms with Crippen molar-refractivity contribution in [2.45, 2.75) is 77.2 Å². The van der Waals surface area contributed by atoms with Gasteiger partial charge in [-0.15, -0.1) is 0 Å². The summed E-state index contributed by atoms with van der Waals surface area (Å²) in [4.78, 5) is 31.9. The molecule has 0 aromatic heterocycles. The SMILES string of the molecule is CC(=O)N1CCN(CCO[C@H]2C3=C[C@@H](C3)[C@H](C)[C@@H](C)S(=O)(=O)NC(=O)c3ccc4c(c3)N(Cc3ccc(Cl)c(F)c3CCCCO4)C[C@@H]3CC[C@H]32)CC1. The third-order valence-corrected chi connectivity index (χ3v) is 14.7. The maximum Gasteiger partial charge on any atom is 0.264 e. The van der Waals surface area contributed by atoms with Crippen LogP contribution in [0.1, 0.15) is 74.4 Å². The predicted octanol–water partition coefficient (Wildman–Crippen LogP) is 5.82. The van der Waals surface area contributed by atoms with Gasteiger partial charge in [0.1, 0.15) is 11.6 Å². The van der Waals surface area contributed by atoms with Crippen molar-refractivity contribution in [2.24, 2.45) is 23.7 Å². The van der Waals surface area contributed by atoms with Crippen LogP contribution in [-0.2, 0) is 32.5 Å². The summed E-state index contributed by atoms with van der Waals surface area (Å²) >= 11 is 6.29. The summed E-state index contributed by atoms with van der Waals surface area (Å²) in [6.45, 7) is 11.0. The molecule has 2 amide bonds. The molecule has 4 heterocycles. The lowest BCUT2D eigenvalue weighted by molar-refractivity contribution is -0.130. The van der Waals surface area contributed by atoms with E-state index in [4.69, 9.17) is 21.1 Å². The molecule has 2 aromatic rings. The molecular weight excluding hydrogens is 719 g/mol. The van der Waals surface area contributed by atoms with Crippen LogP contribution in [0, 0.1) is 29.5 Å². The summed E-state index contributed by atoms with van der Waals surface area (Å²) in [7, 11) is -4.00. The number of hydrogen-bond acceptors (Lipinski definition) is 8. The Morgan fingerprint density at radius 1 is 1.09 bits per heavy atom. The second kappa shape index (κ2) is 15.9. The van der Waals surface area contributed by atoms with Crippen molar-refractivity contribution in [1.82, 2.24) is 14.5 Å². The highest BCUT2D eigenvalue weighted by molar-refractivity contribution is 7.90. The Bertz CT molecular complexity index is 1850. The maximum absolute atomic E-state index is 15.6. The Morgan fingerprint density at radius 2 is 1.87 bits per heavy atom. The van der Waals surface area contributed by atoms with E-state index in [1.807, 2.05) is 17.9 Å².